The Balaban J connectivity index is 1.37. The highest BCUT2D eigenvalue weighted by atomic mass is 35.5. The molecule has 0 bridgehead atoms. The molecule has 1 aliphatic heterocycles. The summed E-state index contributed by atoms with van der Waals surface area (Å²) in [5.74, 6) is -1.13. The number of carbonyl (C=O) groups excluding carboxylic acids is 2. The van der Waals surface area contributed by atoms with E-state index in [0.717, 1.165) is 34.9 Å². The van der Waals surface area contributed by atoms with Crippen LogP contribution in [-0.2, 0) is 16.2 Å². The Bertz CT molecular complexity index is 1290. The van der Waals surface area contributed by atoms with Crippen molar-refractivity contribution in [3.63, 3.8) is 0 Å². The monoisotopic (exact) mass is 467 g/mol. The molecule has 0 spiro atoms. The van der Waals surface area contributed by atoms with Crippen LogP contribution in [0.4, 0.5) is 10.1 Å². The van der Waals surface area contributed by atoms with Gasteiger partial charge in [0, 0.05) is 22.8 Å². The SMILES string of the molecule is Cc1cccc(-c2nnc(COc3cc(N4C(=O)C5=C(CCCC5)C4=O)c(F)cc3Cl)o2)c1. The number of amides is 2. The number of benzene rings is 2. The van der Waals surface area contributed by atoms with Gasteiger partial charge in [-0.3, -0.25) is 9.59 Å². The summed E-state index contributed by atoms with van der Waals surface area (Å²) in [5.41, 5.74) is 2.58. The topological polar surface area (TPSA) is 85.5 Å². The number of ether oxygens (including phenoxy) is 1. The van der Waals surface area contributed by atoms with Crippen LogP contribution in [0, 0.1) is 12.7 Å². The van der Waals surface area contributed by atoms with E-state index in [0.29, 0.717) is 29.9 Å². The van der Waals surface area contributed by atoms with E-state index < -0.39 is 17.6 Å². The molecule has 168 valence electrons. The molecule has 0 radical (unpaired) electrons. The standard InChI is InChI=1S/C24H19ClFN3O4/c1-13-5-4-6-14(9-13)22-28-27-21(33-22)12-32-20-11-19(18(26)10-17(20)25)29-23(30)15-7-2-3-8-16(15)24(29)31/h4-6,9-11H,2-3,7-8,12H2,1H3. The van der Waals surface area contributed by atoms with Crippen molar-refractivity contribution in [3.05, 3.63) is 69.8 Å². The summed E-state index contributed by atoms with van der Waals surface area (Å²) >= 11 is 6.16. The Labute approximate surface area is 193 Å². The van der Waals surface area contributed by atoms with Crippen LogP contribution in [0.1, 0.15) is 37.1 Å². The predicted octanol–water partition coefficient (Wildman–Crippen LogP) is 5.16. The van der Waals surface area contributed by atoms with Gasteiger partial charge in [0.25, 0.3) is 17.7 Å². The van der Waals surface area contributed by atoms with Gasteiger partial charge in [-0.1, -0.05) is 29.3 Å². The number of aromatic nitrogens is 2. The minimum atomic E-state index is -0.784. The number of aryl methyl sites for hydroxylation is 1. The Hall–Kier alpha value is -3.52. The number of imide groups is 1. The number of rotatable bonds is 5. The number of nitrogens with zero attached hydrogens (tertiary/aromatic N) is 3. The highest BCUT2D eigenvalue weighted by Gasteiger charge is 2.41. The smallest absolute Gasteiger partial charge is 0.261 e. The van der Waals surface area contributed by atoms with Gasteiger partial charge in [-0.25, -0.2) is 9.29 Å². The fourth-order valence-electron chi connectivity index (χ4n) is 4.10. The van der Waals surface area contributed by atoms with Gasteiger partial charge in [-0.05, 0) is 50.8 Å². The van der Waals surface area contributed by atoms with Crippen LogP contribution >= 0.6 is 11.6 Å². The maximum Gasteiger partial charge on any atom is 0.261 e. The molecule has 0 atom stereocenters. The molecule has 2 aromatic carbocycles. The van der Waals surface area contributed by atoms with Gasteiger partial charge < -0.3 is 9.15 Å². The van der Waals surface area contributed by atoms with Crippen LogP contribution in [-0.4, -0.2) is 22.0 Å². The van der Waals surface area contributed by atoms with Crippen LogP contribution in [0.25, 0.3) is 11.5 Å². The second kappa shape index (κ2) is 8.44. The Morgan fingerprint density at radius 1 is 1.09 bits per heavy atom. The first kappa shape index (κ1) is 21.3. The fourth-order valence-corrected chi connectivity index (χ4v) is 4.31. The molecule has 2 heterocycles. The van der Waals surface area contributed by atoms with Gasteiger partial charge in [-0.15, -0.1) is 10.2 Å². The van der Waals surface area contributed by atoms with Crippen molar-refractivity contribution >= 4 is 29.1 Å². The highest BCUT2D eigenvalue weighted by Crippen LogP contribution is 2.39. The van der Waals surface area contributed by atoms with E-state index in [1.54, 1.807) is 0 Å². The lowest BCUT2D eigenvalue weighted by Gasteiger charge is -2.18. The molecule has 7 nitrogen and oxygen atoms in total. The zero-order chi connectivity index (χ0) is 23.1. The van der Waals surface area contributed by atoms with E-state index in [1.165, 1.54) is 6.07 Å². The maximum atomic E-state index is 14.7. The number of anilines is 1. The molecule has 9 heteroatoms. The molecular formula is C24H19ClFN3O4. The molecule has 0 unspecified atom stereocenters. The molecule has 2 aliphatic rings. The minimum Gasteiger partial charge on any atom is -0.482 e. The number of hydrogen-bond acceptors (Lipinski definition) is 6. The molecule has 0 saturated carbocycles. The minimum absolute atomic E-state index is 0.00788. The van der Waals surface area contributed by atoms with E-state index in [4.69, 9.17) is 20.8 Å². The third kappa shape index (κ3) is 3.91. The van der Waals surface area contributed by atoms with E-state index >= 15 is 0 Å². The van der Waals surface area contributed by atoms with Crippen LogP contribution in [0.2, 0.25) is 5.02 Å². The van der Waals surface area contributed by atoms with Gasteiger partial charge in [0.15, 0.2) is 6.61 Å². The average Bonchev–Trinajstić information content (AvgIpc) is 3.37. The number of hydrogen-bond donors (Lipinski definition) is 0. The van der Waals surface area contributed by atoms with E-state index in [9.17, 15) is 14.0 Å². The third-order valence-corrected chi connectivity index (χ3v) is 6.01. The van der Waals surface area contributed by atoms with Crippen LogP contribution in [0.3, 0.4) is 0 Å². The maximum absolute atomic E-state index is 14.7. The average molecular weight is 468 g/mol. The van der Waals surface area contributed by atoms with E-state index in [2.05, 4.69) is 10.2 Å². The van der Waals surface area contributed by atoms with Crippen molar-refractivity contribution in [1.29, 1.82) is 0 Å². The van der Waals surface area contributed by atoms with Crippen LogP contribution < -0.4 is 9.64 Å². The Morgan fingerprint density at radius 3 is 2.52 bits per heavy atom. The quantitative estimate of drug-likeness (QED) is 0.482. The molecule has 1 aromatic heterocycles. The molecule has 3 aromatic rings. The van der Waals surface area contributed by atoms with Crippen molar-refractivity contribution in [1.82, 2.24) is 10.2 Å². The van der Waals surface area contributed by atoms with Gasteiger partial charge in [0.1, 0.15) is 11.6 Å². The molecule has 0 saturated heterocycles. The van der Waals surface area contributed by atoms with Crippen molar-refractivity contribution in [2.24, 2.45) is 0 Å². The highest BCUT2D eigenvalue weighted by molar-refractivity contribution is 6.34. The molecule has 2 amide bonds. The third-order valence-electron chi connectivity index (χ3n) is 5.72. The van der Waals surface area contributed by atoms with Crippen LogP contribution in [0.5, 0.6) is 5.75 Å². The van der Waals surface area contributed by atoms with Gasteiger partial charge in [0.05, 0.1) is 10.7 Å². The molecular weight excluding hydrogens is 449 g/mol. The zero-order valence-corrected chi connectivity index (χ0v) is 18.5. The normalized spacial score (nSPS) is 15.9. The molecule has 5 rings (SSSR count). The van der Waals surface area contributed by atoms with Gasteiger partial charge in [-0.2, -0.15) is 0 Å². The lowest BCUT2D eigenvalue weighted by atomic mass is 9.93. The fraction of sp³-hybridized carbons (Fsp3) is 0.250. The zero-order valence-electron chi connectivity index (χ0n) is 17.7. The summed E-state index contributed by atoms with van der Waals surface area (Å²) in [5, 5.41) is 7.99. The molecule has 0 N–H and O–H groups in total. The second-order valence-corrected chi connectivity index (χ2v) is 8.41. The summed E-state index contributed by atoms with van der Waals surface area (Å²) < 4.78 is 26.1. The van der Waals surface area contributed by atoms with Crippen molar-refractivity contribution < 1.29 is 23.1 Å². The van der Waals surface area contributed by atoms with Crippen molar-refractivity contribution in [2.45, 2.75) is 39.2 Å². The van der Waals surface area contributed by atoms with Crippen molar-refractivity contribution in [2.75, 3.05) is 4.90 Å². The Kier molecular flexibility index (Phi) is 5.46. The largest absolute Gasteiger partial charge is 0.482 e. The number of carbonyl (C=O) groups is 2. The summed E-state index contributed by atoms with van der Waals surface area (Å²) in [6.45, 7) is 1.83. The summed E-state index contributed by atoms with van der Waals surface area (Å²) in [4.78, 5) is 26.5. The lowest BCUT2D eigenvalue weighted by Crippen LogP contribution is -2.32. The first-order valence-electron chi connectivity index (χ1n) is 10.5. The van der Waals surface area contributed by atoms with Gasteiger partial charge in [0.2, 0.25) is 5.89 Å². The van der Waals surface area contributed by atoms with Gasteiger partial charge >= 0.3 is 0 Å². The number of halogens is 2. The first-order chi connectivity index (χ1) is 15.9. The molecule has 0 fully saturated rings. The second-order valence-electron chi connectivity index (χ2n) is 8.00. The summed E-state index contributed by atoms with van der Waals surface area (Å²) in [7, 11) is 0. The molecule has 1 aliphatic carbocycles. The summed E-state index contributed by atoms with van der Waals surface area (Å²) in [6.07, 6.45) is 2.71. The first-order valence-corrected chi connectivity index (χ1v) is 10.9. The lowest BCUT2D eigenvalue weighted by molar-refractivity contribution is -0.120. The Morgan fingerprint density at radius 2 is 1.82 bits per heavy atom. The molecule has 33 heavy (non-hydrogen) atoms. The van der Waals surface area contributed by atoms with E-state index in [1.807, 2.05) is 31.2 Å². The van der Waals surface area contributed by atoms with E-state index in [-0.39, 0.29) is 29.0 Å². The van der Waals surface area contributed by atoms with Crippen LogP contribution in [0.15, 0.2) is 52.0 Å². The predicted molar refractivity (Wildman–Crippen MR) is 118 cm³/mol. The summed E-state index contributed by atoms with van der Waals surface area (Å²) in [6, 6.07) is 9.89. The van der Waals surface area contributed by atoms with Crippen molar-refractivity contribution in [3.8, 4) is 17.2 Å².